The van der Waals surface area contributed by atoms with Gasteiger partial charge in [-0.2, -0.15) is 0 Å². The zero-order valence-electron chi connectivity index (χ0n) is 8.59. The van der Waals surface area contributed by atoms with Crippen LogP contribution in [0.1, 0.15) is 51.9 Å². The van der Waals surface area contributed by atoms with Gasteiger partial charge < -0.3 is 0 Å². The monoisotopic (exact) mass is 180 g/mol. The fourth-order valence-corrected chi connectivity index (χ4v) is 3.18. The zero-order valence-corrected chi connectivity index (χ0v) is 8.59. The van der Waals surface area contributed by atoms with Gasteiger partial charge in [-0.3, -0.25) is 4.79 Å². The molecule has 0 radical (unpaired) electrons. The van der Waals surface area contributed by atoms with Crippen LogP contribution in [0.5, 0.6) is 0 Å². The molecule has 0 amide bonds. The number of rotatable bonds is 4. The Morgan fingerprint density at radius 3 is 2.69 bits per heavy atom. The molecule has 3 unspecified atom stereocenters. The van der Waals surface area contributed by atoms with Gasteiger partial charge in [-0.1, -0.05) is 19.8 Å². The van der Waals surface area contributed by atoms with E-state index in [1.165, 1.54) is 25.7 Å². The van der Waals surface area contributed by atoms with Crippen LogP contribution < -0.4 is 0 Å². The lowest BCUT2D eigenvalue weighted by atomic mass is 9.84. The van der Waals surface area contributed by atoms with Crippen molar-refractivity contribution in [1.29, 1.82) is 0 Å². The molecule has 2 rings (SSSR count). The predicted octanol–water partition coefficient (Wildman–Crippen LogP) is 3.18. The Labute approximate surface area is 80.9 Å². The van der Waals surface area contributed by atoms with E-state index in [9.17, 15) is 4.79 Å². The van der Waals surface area contributed by atoms with Crippen LogP contribution in [-0.2, 0) is 4.79 Å². The van der Waals surface area contributed by atoms with E-state index in [0.717, 1.165) is 31.1 Å². The summed E-state index contributed by atoms with van der Waals surface area (Å²) in [6.45, 7) is 2.16. The number of carbonyl (C=O) groups is 1. The van der Waals surface area contributed by atoms with E-state index in [2.05, 4.69) is 6.92 Å². The van der Waals surface area contributed by atoms with E-state index in [1.807, 2.05) is 0 Å². The van der Waals surface area contributed by atoms with Crippen molar-refractivity contribution in [2.24, 2.45) is 17.8 Å². The Kier molecular flexibility index (Phi) is 2.71. The lowest BCUT2D eigenvalue weighted by Crippen LogP contribution is -2.20. The summed E-state index contributed by atoms with van der Waals surface area (Å²) in [6.07, 6.45) is 8.45. The normalized spacial score (nSPS) is 36.8. The summed E-state index contributed by atoms with van der Waals surface area (Å²) in [6, 6.07) is 0. The Hall–Kier alpha value is -0.330. The van der Waals surface area contributed by atoms with Crippen molar-refractivity contribution in [3.8, 4) is 0 Å². The summed E-state index contributed by atoms with van der Waals surface area (Å²) in [4.78, 5) is 11.8. The van der Waals surface area contributed by atoms with Crippen molar-refractivity contribution in [2.75, 3.05) is 0 Å². The van der Waals surface area contributed by atoms with Crippen LogP contribution in [0, 0.1) is 17.8 Å². The van der Waals surface area contributed by atoms with Crippen LogP contribution in [0.15, 0.2) is 0 Å². The number of hydrogen-bond acceptors (Lipinski definition) is 1. The maximum atomic E-state index is 11.8. The van der Waals surface area contributed by atoms with Gasteiger partial charge in [0.1, 0.15) is 5.78 Å². The maximum absolute atomic E-state index is 11.8. The highest BCUT2D eigenvalue weighted by Crippen LogP contribution is 2.48. The van der Waals surface area contributed by atoms with Gasteiger partial charge in [0.2, 0.25) is 0 Å². The fourth-order valence-electron chi connectivity index (χ4n) is 3.18. The average Bonchev–Trinajstić information content (AvgIpc) is 2.74. The molecule has 13 heavy (non-hydrogen) atoms. The summed E-state index contributed by atoms with van der Waals surface area (Å²) >= 11 is 0. The van der Waals surface area contributed by atoms with Gasteiger partial charge in [0, 0.05) is 12.3 Å². The van der Waals surface area contributed by atoms with Crippen LogP contribution in [0.3, 0.4) is 0 Å². The van der Waals surface area contributed by atoms with Gasteiger partial charge in [0.15, 0.2) is 0 Å². The first-order valence-corrected chi connectivity index (χ1v) is 5.84. The lowest BCUT2D eigenvalue weighted by molar-refractivity contribution is -0.124. The zero-order chi connectivity index (χ0) is 9.26. The Balaban J connectivity index is 1.84. The SMILES string of the molecule is CCCCC(=O)C1CC2CCC1C2. The minimum Gasteiger partial charge on any atom is -0.299 e. The molecule has 1 nitrogen and oxygen atoms in total. The van der Waals surface area contributed by atoms with Gasteiger partial charge in [-0.15, -0.1) is 0 Å². The summed E-state index contributed by atoms with van der Waals surface area (Å²) in [5.41, 5.74) is 0. The van der Waals surface area contributed by atoms with E-state index in [4.69, 9.17) is 0 Å². The molecule has 0 spiro atoms. The van der Waals surface area contributed by atoms with Gasteiger partial charge in [0.25, 0.3) is 0 Å². The molecule has 2 aliphatic rings. The van der Waals surface area contributed by atoms with E-state index in [0.29, 0.717) is 11.7 Å². The standard InChI is InChI=1S/C12H20O/c1-2-3-4-12(13)11-8-9-5-6-10(11)7-9/h9-11H,2-8H2,1H3. The van der Waals surface area contributed by atoms with Crippen molar-refractivity contribution in [2.45, 2.75) is 51.9 Å². The Bertz CT molecular complexity index is 197. The molecule has 1 heteroatoms. The molecule has 0 aromatic carbocycles. The molecule has 0 aromatic heterocycles. The number of Topliss-reactive ketones (excluding diaryl/α,β-unsaturated/α-hetero) is 1. The smallest absolute Gasteiger partial charge is 0.136 e. The van der Waals surface area contributed by atoms with E-state index in [1.54, 1.807) is 0 Å². The number of unbranched alkanes of at least 4 members (excludes halogenated alkanes) is 1. The number of fused-ring (bicyclic) bond motifs is 2. The number of carbonyl (C=O) groups excluding carboxylic acids is 1. The van der Waals surface area contributed by atoms with E-state index in [-0.39, 0.29) is 0 Å². The Morgan fingerprint density at radius 1 is 1.31 bits per heavy atom. The first kappa shape index (κ1) is 9.23. The molecular formula is C12H20O. The van der Waals surface area contributed by atoms with Gasteiger partial charge in [0.05, 0.1) is 0 Å². The van der Waals surface area contributed by atoms with Crippen molar-refractivity contribution in [3.63, 3.8) is 0 Å². The number of ketones is 1. The average molecular weight is 180 g/mol. The second-order valence-corrected chi connectivity index (χ2v) is 4.85. The quantitative estimate of drug-likeness (QED) is 0.649. The van der Waals surface area contributed by atoms with Gasteiger partial charge in [-0.25, -0.2) is 0 Å². The summed E-state index contributed by atoms with van der Waals surface area (Å²) < 4.78 is 0. The Morgan fingerprint density at radius 2 is 2.15 bits per heavy atom. The third kappa shape index (κ3) is 1.79. The van der Waals surface area contributed by atoms with E-state index < -0.39 is 0 Å². The van der Waals surface area contributed by atoms with Crippen molar-refractivity contribution >= 4 is 5.78 Å². The second kappa shape index (κ2) is 3.81. The summed E-state index contributed by atoms with van der Waals surface area (Å²) in [7, 11) is 0. The molecular weight excluding hydrogens is 160 g/mol. The largest absolute Gasteiger partial charge is 0.299 e. The van der Waals surface area contributed by atoms with Crippen molar-refractivity contribution < 1.29 is 4.79 Å². The molecule has 2 aliphatic carbocycles. The number of hydrogen-bond donors (Lipinski definition) is 0. The minimum absolute atomic E-state index is 0.477. The molecule has 0 saturated heterocycles. The first-order chi connectivity index (χ1) is 6.31. The topological polar surface area (TPSA) is 17.1 Å². The van der Waals surface area contributed by atoms with Crippen molar-refractivity contribution in [3.05, 3.63) is 0 Å². The van der Waals surface area contributed by atoms with Crippen LogP contribution in [0.2, 0.25) is 0 Å². The summed E-state index contributed by atoms with van der Waals surface area (Å²) in [5, 5.41) is 0. The van der Waals surface area contributed by atoms with Gasteiger partial charge in [-0.05, 0) is 37.5 Å². The molecule has 0 aromatic rings. The van der Waals surface area contributed by atoms with Crippen LogP contribution in [0.4, 0.5) is 0 Å². The first-order valence-electron chi connectivity index (χ1n) is 5.84. The van der Waals surface area contributed by atoms with Gasteiger partial charge >= 0.3 is 0 Å². The maximum Gasteiger partial charge on any atom is 0.136 e. The van der Waals surface area contributed by atoms with Crippen molar-refractivity contribution in [1.82, 2.24) is 0 Å². The highest BCUT2D eigenvalue weighted by Gasteiger charge is 2.42. The predicted molar refractivity (Wildman–Crippen MR) is 53.5 cm³/mol. The molecule has 3 atom stereocenters. The molecule has 0 aliphatic heterocycles. The molecule has 0 N–H and O–H groups in total. The van der Waals surface area contributed by atoms with E-state index >= 15 is 0 Å². The molecule has 2 fully saturated rings. The molecule has 2 bridgehead atoms. The minimum atomic E-state index is 0.477. The molecule has 0 heterocycles. The third-order valence-corrected chi connectivity index (χ3v) is 3.93. The third-order valence-electron chi connectivity index (χ3n) is 3.93. The van der Waals surface area contributed by atoms with Crippen LogP contribution in [-0.4, -0.2) is 5.78 Å². The van der Waals surface area contributed by atoms with Crippen LogP contribution in [0.25, 0.3) is 0 Å². The molecule has 74 valence electrons. The summed E-state index contributed by atoms with van der Waals surface area (Å²) in [5.74, 6) is 2.76. The molecule has 2 saturated carbocycles. The lowest BCUT2D eigenvalue weighted by Gasteiger charge is -2.19. The highest BCUT2D eigenvalue weighted by atomic mass is 16.1. The highest BCUT2D eigenvalue weighted by molar-refractivity contribution is 5.81. The fraction of sp³-hybridized carbons (Fsp3) is 0.917. The van der Waals surface area contributed by atoms with Crippen LogP contribution >= 0.6 is 0 Å². The second-order valence-electron chi connectivity index (χ2n) is 4.85.